The molecule has 37 heavy (non-hydrogen) atoms. The van der Waals surface area contributed by atoms with Crippen LogP contribution in [0.25, 0.3) is 11.1 Å². The summed E-state index contributed by atoms with van der Waals surface area (Å²) < 4.78 is 11.9. The Bertz CT molecular complexity index is 1200. The highest BCUT2D eigenvalue weighted by atomic mass is 32.2. The topological polar surface area (TPSA) is 97.8 Å². The minimum Gasteiger partial charge on any atom is -0.480 e. The number of nitrogens with zero attached hydrogens (tertiary/aromatic N) is 1. The van der Waals surface area contributed by atoms with Gasteiger partial charge in [0.25, 0.3) is 5.91 Å². The highest BCUT2D eigenvalue weighted by Crippen LogP contribution is 2.30. The van der Waals surface area contributed by atoms with Gasteiger partial charge in [-0.05, 0) is 73.6 Å². The summed E-state index contributed by atoms with van der Waals surface area (Å²) in [5, 5.41) is 13.3. The largest absolute Gasteiger partial charge is 0.480 e. The van der Waals surface area contributed by atoms with Gasteiger partial charge < -0.3 is 19.9 Å². The number of aromatic nitrogens is 1. The number of hydrogen-bond acceptors (Lipinski definition) is 7. The molecule has 0 fully saturated rings. The fourth-order valence-corrected chi connectivity index (χ4v) is 5.16. The van der Waals surface area contributed by atoms with Crippen molar-refractivity contribution in [3.05, 3.63) is 75.2 Å². The summed E-state index contributed by atoms with van der Waals surface area (Å²) >= 11 is 3.13. The van der Waals surface area contributed by atoms with Gasteiger partial charge in [0.1, 0.15) is 12.1 Å². The summed E-state index contributed by atoms with van der Waals surface area (Å²) in [6, 6.07) is 12.4. The number of thiazole rings is 1. The van der Waals surface area contributed by atoms with Crippen LogP contribution in [0.4, 0.5) is 0 Å². The number of ether oxygens (including phenoxy) is 2. The first-order valence-corrected chi connectivity index (χ1v) is 14.4. The van der Waals surface area contributed by atoms with Crippen LogP contribution >= 0.6 is 23.1 Å². The van der Waals surface area contributed by atoms with Gasteiger partial charge in [0.05, 0.1) is 23.1 Å². The van der Waals surface area contributed by atoms with Crippen molar-refractivity contribution in [3.63, 3.8) is 0 Å². The smallest absolute Gasteiger partial charge is 0.326 e. The van der Waals surface area contributed by atoms with E-state index >= 15 is 0 Å². The standard InChI is InChI=1S/C28H34N2O5S2/c1-5-34-17-25(26-15-29-19(3)37-26)35-16-20-10-11-22(23(14-20)21-9-7-6-8-18(21)2)27(31)30-24(28(32)33)12-13-36-4/h6-11,14-15,24-25H,5,12-13,16-17H2,1-4H3,(H,30,31)(H,32,33). The molecule has 0 radical (unpaired) electrons. The lowest BCUT2D eigenvalue weighted by molar-refractivity contribution is -0.139. The molecule has 2 N–H and O–H groups in total. The summed E-state index contributed by atoms with van der Waals surface area (Å²) in [7, 11) is 0. The third-order valence-electron chi connectivity index (χ3n) is 5.86. The first-order valence-electron chi connectivity index (χ1n) is 12.2. The van der Waals surface area contributed by atoms with Crippen molar-refractivity contribution in [1.29, 1.82) is 0 Å². The van der Waals surface area contributed by atoms with Gasteiger partial charge in [0.2, 0.25) is 0 Å². The molecule has 0 bridgehead atoms. The van der Waals surface area contributed by atoms with Crippen LogP contribution in [0.15, 0.2) is 48.7 Å². The van der Waals surface area contributed by atoms with Crippen LogP contribution in [0.2, 0.25) is 0 Å². The maximum absolute atomic E-state index is 13.3. The van der Waals surface area contributed by atoms with Crippen molar-refractivity contribution in [2.24, 2.45) is 0 Å². The first-order chi connectivity index (χ1) is 17.8. The number of rotatable bonds is 14. The van der Waals surface area contributed by atoms with E-state index in [1.54, 1.807) is 29.2 Å². The molecule has 0 aliphatic carbocycles. The summed E-state index contributed by atoms with van der Waals surface area (Å²) in [6.07, 6.45) is 3.84. The molecule has 1 amide bonds. The number of carbonyl (C=O) groups is 2. The van der Waals surface area contributed by atoms with Gasteiger partial charge in [-0.1, -0.05) is 30.3 Å². The Morgan fingerprint density at radius 2 is 1.95 bits per heavy atom. The van der Waals surface area contributed by atoms with Gasteiger partial charge in [0.15, 0.2) is 0 Å². The zero-order chi connectivity index (χ0) is 26.8. The van der Waals surface area contributed by atoms with Crippen LogP contribution in [-0.2, 0) is 20.9 Å². The molecule has 2 aromatic carbocycles. The number of benzene rings is 2. The molecule has 0 aliphatic rings. The highest BCUT2D eigenvalue weighted by molar-refractivity contribution is 7.98. The van der Waals surface area contributed by atoms with Gasteiger partial charge in [-0.3, -0.25) is 4.79 Å². The Hall–Kier alpha value is -2.72. The van der Waals surface area contributed by atoms with E-state index < -0.39 is 17.9 Å². The van der Waals surface area contributed by atoms with Gasteiger partial charge in [-0.15, -0.1) is 11.3 Å². The van der Waals surface area contributed by atoms with E-state index in [4.69, 9.17) is 9.47 Å². The molecule has 0 spiro atoms. The molecule has 3 aromatic rings. The van der Waals surface area contributed by atoms with Crippen molar-refractivity contribution in [2.45, 2.75) is 45.9 Å². The number of carboxylic acids is 1. The molecule has 9 heteroatoms. The second-order valence-corrected chi connectivity index (χ2v) is 10.8. The lowest BCUT2D eigenvalue weighted by Crippen LogP contribution is -2.41. The van der Waals surface area contributed by atoms with E-state index in [1.807, 2.05) is 69.6 Å². The monoisotopic (exact) mass is 542 g/mol. The fourth-order valence-electron chi connectivity index (χ4n) is 3.87. The first kappa shape index (κ1) is 28.8. The molecule has 2 atom stereocenters. The molecule has 1 aromatic heterocycles. The van der Waals surface area contributed by atoms with Crippen LogP contribution < -0.4 is 5.32 Å². The number of carboxylic acid groups (broad SMARTS) is 1. The van der Waals surface area contributed by atoms with Crippen molar-refractivity contribution in [3.8, 4) is 11.1 Å². The molecule has 0 saturated heterocycles. The Morgan fingerprint density at radius 3 is 2.59 bits per heavy atom. The van der Waals surface area contributed by atoms with Gasteiger partial charge >= 0.3 is 5.97 Å². The van der Waals surface area contributed by atoms with E-state index in [0.717, 1.165) is 32.1 Å². The number of carbonyl (C=O) groups excluding carboxylic acids is 1. The maximum Gasteiger partial charge on any atom is 0.326 e. The minimum absolute atomic E-state index is 0.246. The van der Waals surface area contributed by atoms with Gasteiger partial charge in [-0.2, -0.15) is 11.8 Å². The molecule has 2 unspecified atom stereocenters. The number of aliphatic carboxylic acids is 1. The fraction of sp³-hybridized carbons (Fsp3) is 0.393. The van der Waals surface area contributed by atoms with Crippen molar-refractivity contribution >= 4 is 35.0 Å². The van der Waals surface area contributed by atoms with E-state index in [2.05, 4.69) is 10.3 Å². The molecule has 0 saturated carbocycles. The lowest BCUT2D eigenvalue weighted by atomic mass is 9.93. The van der Waals surface area contributed by atoms with Crippen molar-refractivity contribution in [2.75, 3.05) is 25.2 Å². The van der Waals surface area contributed by atoms with Crippen LogP contribution in [0.3, 0.4) is 0 Å². The number of thioether (sulfide) groups is 1. The normalized spacial score (nSPS) is 12.8. The third-order valence-corrected chi connectivity index (χ3v) is 7.51. The summed E-state index contributed by atoms with van der Waals surface area (Å²) in [5.41, 5.74) is 3.99. The number of amides is 1. The van der Waals surface area contributed by atoms with E-state index in [-0.39, 0.29) is 6.10 Å². The Labute approximate surface area is 226 Å². The van der Waals surface area contributed by atoms with Crippen molar-refractivity contribution < 1.29 is 24.2 Å². The quantitative estimate of drug-likeness (QED) is 0.271. The van der Waals surface area contributed by atoms with Gasteiger partial charge in [0, 0.05) is 18.4 Å². The molecule has 0 aliphatic heterocycles. The zero-order valence-electron chi connectivity index (χ0n) is 21.7. The molecule has 7 nitrogen and oxygen atoms in total. The highest BCUT2D eigenvalue weighted by Gasteiger charge is 2.23. The van der Waals surface area contributed by atoms with Crippen molar-refractivity contribution in [1.82, 2.24) is 10.3 Å². The maximum atomic E-state index is 13.3. The average Bonchev–Trinajstić information content (AvgIpc) is 3.32. The minimum atomic E-state index is -1.04. The second kappa shape index (κ2) is 14.3. The molecular formula is C28H34N2O5S2. The van der Waals surface area contributed by atoms with Crippen LogP contribution in [0.5, 0.6) is 0 Å². The van der Waals surface area contributed by atoms with E-state index in [9.17, 15) is 14.7 Å². The molecule has 3 rings (SSSR count). The molecular weight excluding hydrogens is 508 g/mol. The van der Waals surface area contributed by atoms with Gasteiger partial charge in [-0.25, -0.2) is 9.78 Å². The van der Waals surface area contributed by atoms with Crippen LogP contribution in [0, 0.1) is 13.8 Å². The predicted molar refractivity (Wildman–Crippen MR) is 149 cm³/mol. The Balaban J connectivity index is 1.89. The average molecular weight is 543 g/mol. The zero-order valence-corrected chi connectivity index (χ0v) is 23.3. The second-order valence-electron chi connectivity index (χ2n) is 8.58. The number of aryl methyl sites for hydroxylation is 2. The number of hydrogen-bond donors (Lipinski definition) is 2. The summed E-state index contributed by atoms with van der Waals surface area (Å²) in [6.45, 7) is 7.23. The van der Waals surface area contributed by atoms with E-state index in [0.29, 0.717) is 37.6 Å². The Morgan fingerprint density at radius 1 is 1.16 bits per heavy atom. The number of nitrogens with one attached hydrogen (secondary N) is 1. The SMILES string of the molecule is CCOCC(OCc1ccc(C(=O)NC(CCSC)C(=O)O)c(-c2ccccc2C)c1)c1cnc(C)s1. The third kappa shape index (κ3) is 8.13. The summed E-state index contributed by atoms with van der Waals surface area (Å²) in [5.74, 6) is -0.808. The molecule has 198 valence electrons. The van der Waals surface area contributed by atoms with Crippen LogP contribution in [-0.4, -0.2) is 53.2 Å². The summed E-state index contributed by atoms with van der Waals surface area (Å²) in [4.78, 5) is 30.4. The van der Waals surface area contributed by atoms with E-state index in [1.165, 1.54) is 0 Å². The molecule has 1 heterocycles. The predicted octanol–water partition coefficient (Wildman–Crippen LogP) is 5.66. The Kier molecular flexibility index (Phi) is 11.1. The lowest BCUT2D eigenvalue weighted by Gasteiger charge is -2.19. The van der Waals surface area contributed by atoms with Crippen LogP contribution in [0.1, 0.15) is 50.8 Å².